The lowest BCUT2D eigenvalue weighted by atomic mass is 10.0. The third kappa shape index (κ3) is 4.34. The molecule has 2 aliphatic heterocycles. The number of amides is 1. The zero-order chi connectivity index (χ0) is 16.9. The van der Waals surface area contributed by atoms with Crippen LogP contribution in [0.5, 0.6) is 0 Å². The Morgan fingerprint density at radius 2 is 2.12 bits per heavy atom. The normalized spacial score (nSPS) is 24.7. The van der Waals surface area contributed by atoms with Gasteiger partial charge >= 0.3 is 0 Å². The summed E-state index contributed by atoms with van der Waals surface area (Å²) < 4.78 is 7.32. The third-order valence-corrected chi connectivity index (χ3v) is 5.12. The van der Waals surface area contributed by atoms with Gasteiger partial charge in [0.25, 0.3) is 0 Å². The molecule has 0 spiro atoms. The smallest absolute Gasteiger partial charge is 0.225 e. The highest BCUT2D eigenvalue weighted by Crippen LogP contribution is 2.20. The lowest BCUT2D eigenvalue weighted by Gasteiger charge is -2.34. The van der Waals surface area contributed by atoms with Gasteiger partial charge in [-0.2, -0.15) is 5.10 Å². The summed E-state index contributed by atoms with van der Waals surface area (Å²) in [6.45, 7) is 6.08. The number of carbonyl (C=O) groups excluding carboxylic acids is 1. The summed E-state index contributed by atoms with van der Waals surface area (Å²) in [4.78, 5) is 17.2. The lowest BCUT2D eigenvalue weighted by molar-refractivity contribution is -0.125. The van der Waals surface area contributed by atoms with E-state index < -0.39 is 0 Å². The standard InChI is InChI=1S/C17H29N5O2/c1-18-17(23)14-11-21(13-15-3-6-20(2)19-15)7-8-22(12-14)16-4-9-24-10-5-16/h3,6,14,16H,4-5,7-13H2,1-2H3,(H,18,23)/t14-/m1/s1. The number of nitrogens with zero attached hydrogens (tertiary/aromatic N) is 4. The molecule has 0 radical (unpaired) electrons. The van der Waals surface area contributed by atoms with Crippen molar-refractivity contribution in [1.29, 1.82) is 0 Å². The highest BCUT2D eigenvalue weighted by molar-refractivity contribution is 5.78. The van der Waals surface area contributed by atoms with Crippen molar-refractivity contribution in [3.05, 3.63) is 18.0 Å². The summed E-state index contributed by atoms with van der Waals surface area (Å²) in [6, 6.07) is 2.59. The fourth-order valence-corrected chi connectivity index (χ4v) is 3.78. The number of hydrogen-bond acceptors (Lipinski definition) is 5. The Hall–Kier alpha value is -1.44. The SMILES string of the molecule is CNC(=O)[C@@H]1CN(Cc2ccn(C)n2)CCN(C2CCOCC2)C1. The Morgan fingerprint density at radius 3 is 2.79 bits per heavy atom. The van der Waals surface area contributed by atoms with Crippen LogP contribution in [-0.2, 0) is 23.1 Å². The molecular weight excluding hydrogens is 306 g/mol. The molecule has 0 aliphatic carbocycles. The van der Waals surface area contributed by atoms with E-state index in [1.807, 2.05) is 17.9 Å². The van der Waals surface area contributed by atoms with Gasteiger partial charge in [-0.05, 0) is 18.9 Å². The number of rotatable bonds is 4. The van der Waals surface area contributed by atoms with Gasteiger partial charge < -0.3 is 10.1 Å². The van der Waals surface area contributed by atoms with Crippen molar-refractivity contribution in [2.24, 2.45) is 13.0 Å². The molecular formula is C17H29N5O2. The van der Waals surface area contributed by atoms with Crippen LogP contribution in [0.15, 0.2) is 12.3 Å². The van der Waals surface area contributed by atoms with Crippen LogP contribution in [0.2, 0.25) is 0 Å². The average molecular weight is 335 g/mol. The molecule has 0 saturated carbocycles. The molecule has 0 aromatic carbocycles. The van der Waals surface area contributed by atoms with Crippen LogP contribution in [0.25, 0.3) is 0 Å². The first-order chi connectivity index (χ1) is 11.7. The van der Waals surface area contributed by atoms with Gasteiger partial charge in [0, 0.05) is 72.3 Å². The second-order valence-corrected chi connectivity index (χ2v) is 6.87. The maximum absolute atomic E-state index is 12.3. The maximum Gasteiger partial charge on any atom is 0.225 e. The predicted octanol–water partition coefficient (Wildman–Crippen LogP) is 0.0789. The van der Waals surface area contributed by atoms with Crippen molar-refractivity contribution in [2.75, 3.05) is 46.4 Å². The molecule has 0 unspecified atom stereocenters. The highest BCUT2D eigenvalue weighted by Gasteiger charge is 2.31. The van der Waals surface area contributed by atoms with Crippen LogP contribution in [0.3, 0.4) is 0 Å². The van der Waals surface area contributed by atoms with E-state index in [0.29, 0.717) is 6.04 Å². The number of aryl methyl sites for hydroxylation is 1. The van der Waals surface area contributed by atoms with Crippen molar-refractivity contribution in [3.8, 4) is 0 Å². The lowest BCUT2D eigenvalue weighted by Crippen LogP contribution is -2.45. The second-order valence-electron chi connectivity index (χ2n) is 6.87. The zero-order valence-electron chi connectivity index (χ0n) is 14.8. The summed E-state index contributed by atoms with van der Waals surface area (Å²) in [7, 11) is 3.67. The van der Waals surface area contributed by atoms with Crippen LogP contribution in [0.1, 0.15) is 18.5 Å². The quantitative estimate of drug-likeness (QED) is 0.844. The minimum absolute atomic E-state index is 0.00376. The van der Waals surface area contributed by atoms with Crippen molar-refractivity contribution < 1.29 is 9.53 Å². The molecule has 7 heteroatoms. The van der Waals surface area contributed by atoms with Crippen LogP contribution in [0.4, 0.5) is 0 Å². The van der Waals surface area contributed by atoms with E-state index in [0.717, 1.165) is 64.5 Å². The minimum atomic E-state index is 0.00376. The topological polar surface area (TPSA) is 62.6 Å². The number of ether oxygens (including phenoxy) is 1. The molecule has 0 bridgehead atoms. The highest BCUT2D eigenvalue weighted by atomic mass is 16.5. The predicted molar refractivity (Wildman–Crippen MR) is 91.5 cm³/mol. The van der Waals surface area contributed by atoms with Crippen molar-refractivity contribution in [2.45, 2.75) is 25.4 Å². The van der Waals surface area contributed by atoms with Gasteiger partial charge in [0.05, 0.1) is 11.6 Å². The largest absolute Gasteiger partial charge is 0.381 e. The molecule has 7 nitrogen and oxygen atoms in total. The van der Waals surface area contributed by atoms with Crippen molar-refractivity contribution >= 4 is 5.91 Å². The van der Waals surface area contributed by atoms with E-state index in [4.69, 9.17) is 4.74 Å². The number of hydrogen-bond donors (Lipinski definition) is 1. The summed E-state index contributed by atoms with van der Waals surface area (Å²) in [5, 5.41) is 7.32. The third-order valence-electron chi connectivity index (χ3n) is 5.12. The minimum Gasteiger partial charge on any atom is -0.381 e. The molecule has 2 aliphatic rings. The summed E-state index contributed by atoms with van der Waals surface area (Å²) in [5.41, 5.74) is 1.06. The molecule has 2 fully saturated rings. The van der Waals surface area contributed by atoms with E-state index >= 15 is 0 Å². The average Bonchev–Trinajstić information content (AvgIpc) is 2.89. The van der Waals surface area contributed by atoms with Gasteiger partial charge in [-0.1, -0.05) is 0 Å². The first-order valence-corrected chi connectivity index (χ1v) is 8.90. The molecule has 1 aromatic heterocycles. The molecule has 1 N–H and O–H groups in total. The molecule has 3 rings (SSSR count). The summed E-state index contributed by atoms with van der Waals surface area (Å²) in [6.07, 6.45) is 4.11. The maximum atomic E-state index is 12.3. The Kier molecular flexibility index (Phi) is 5.86. The summed E-state index contributed by atoms with van der Waals surface area (Å²) in [5.74, 6) is 0.143. The number of carbonyl (C=O) groups is 1. The van der Waals surface area contributed by atoms with Crippen molar-refractivity contribution in [1.82, 2.24) is 24.9 Å². The number of nitrogens with one attached hydrogen (secondary N) is 1. The molecule has 24 heavy (non-hydrogen) atoms. The number of aromatic nitrogens is 2. The molecule has 1 amide bonds. The fourth-order valence-electron chi connectivity index (χ4n) is 3.78. The fraction of sp³-hybridized carbons (Fsp3) is 0.765. The Labute approximate surface area is 143 Å². The molecule has 1 aromatic rings. The van der Waals surface area contributed by atoms with Gasteiger partial charge in [0.1, 0.15) is 0 Å². The molecule has 2 saturated heterocycles. The zero-order valence-corrected chi connectivity index (χ0v) is 14.8. The van der Waals surface area contributed by atoms with Crippen LogP contribution in [0, 0.1) is 5.92 Å². The molecule has 1 atom stereocenters. The van der Waals surface area contributed by atoms with E-state index in [9.17, 15) is 4.79 Å². The molecule has 3 heterocycles. The Morgan fingerprint density at radius 1 is 1.33 bits per heavy atom. The van der Waals surface area contributed by atoms with E-state index in [1.54, 1.807) is 7.05 Å². The van der Waals surface area contributed by atoms with Gasteiger partial charge in [-0.3, -0.25) is 19.3 Å². The first kappa shape index (κ1) is 17.4. The van der Waals surface area contributed by atoms with Crippen molar-refractivity contribution in [3.63, 3.8) is 0 Å². The summed E-state index contributed by atoms with van der Waals surface area (Å²) >= 11 is 0. The van der Waals surface area contributed by atoms with Gasteiger partial charge in [0.2, 0.25) is 5.91 Å². The molecule has 134 valence electrons. The van der Waals surface area contributed by atoms with Gasteiger partial charge in [0.15, 0.2) is 0 Å². The Balaban J connectivity index is 1.67. The Bertz CT molecular complexity index is 541. The van der Waals surface area contributed by atoms with E-state index in [2.05, 4.69) is 26.3 Å². The van der Waals surface area contributed by atoms with Crippen LogP contribution >= 0.6 is 0 Å². The van der Waals surface area contributed by atoms with Gasteiger partial charge in [-0.15, -0.1) is 0 Å². The van der Waals surface area contributed by atoms with E-state index in [-0.39, 0.29) is 11.8 Å². The van der Waals surface area contributed by atoms with E-state index in [1.165, 1.54) is 0 Å². The second kappa shape index (κ2) is 8.09. The monoisotopic (exact) mass is 335 g/mol. The van der Waals surface area contributed by atoms with Crippen LogP contribution < -0.4 is 5.32 Å². The van der Waals surface area contributed by atoms with Gasteiger partial charge in [-0.25, -0.2) is 0 Å². The first-order valence-electron chi connectivity index (χ1n) is 8.90. The van der Waals surface area contributed by atoms with Crippen LogP contribution in [-0.4, -0.2) is 78.0 Å².